The summed E-state index contributed by atoms with van der Waals surface area (Å²) < 4.78 is 0. The molecule has 0 unspecified atom stereocenters. The predicted molar refractivity (Wildman–Crippen MR) is 88.7 cm³/mol. The zero-order valence-corrected chi connectivity index (χ0v) is 13.3. The van der Waals surface area contributed by atoms with E-state index < -0.39 is 0 Å². The van der Waals surface area contributed by atoms with E-state index in [9.17, 15) is 9.90 Å². The lowest BCUT2D eigenvalue weighted by molar-refractivity contribution is 0.206. The molecule has 1 aliphatic carbocycles. The van der Waals surface area contributed by atoms with Crippen LogP contribution in [0, 0.1) is 5.41 Å². The Hall–Kier alpha value is -1.46. The van der Waals surface area contributed by atoms with Crippen LogP contribution < -0.4 is 15.5 Å². The van der Waals surface area contributed by atoms with Gasteiger partial charge in [-0.2, -0.15) is 0 Å². The smallest absolute Gasteiger partial charge is 0.319 e. The molecule has 3 rings (SSSR count). The Morgan fingerprint density at radius 2 is 2.05 bits per heavy atom. The summed E-state index contributed by atoms with van der Waals surface area (Å²) in [5.41, 5.74) is 1.62. The van der Waals surface area contributed by atoms with Crippen molar-refractivity contribution in [1.29, 1.82) is 0 Å². The molecule has 2 amide bonds. The Kier molecular flexibility index (Phi) is 4.45. The number of amides is 2. The average Bonchev–Trinajstić information content (AvgIpc) is 3.10. The van der Waals surface area contributed by atoms with Gasteiger partial charge in [-0.3, -0.25) is 0 Å². The maximum absolute atomic E-state index is 11.9. The molecule has 6 heteroatoms. The van der Waals surface area contributed by atoms with Gasteiger partial charge in [0.25, 0.3) is 0 Å². The molecule has 5 nitrogen and oxygen atoms in total. The lowest BCUT2D eigenvalue weighted by atomic mass is 10.1. The van der Waals surface area contributed by atoms with Gasteiger partial charge >= 0.3 is 6.03 Å². The summed E-state index contributed by atoms with van der Waals surface area (Å²) in [4.78, 5) is 14.2. The number of carbonyl (C=O) groups is 1. The van der Waals surface area contributed by atoms with Crippen molar-refractivity contribution in [2.24, 2.45) is 5.41 Å². The summed E-state index contributed by atoms with van der Waals surface area (Å²) in [6, 6.07) is 5.36. The number of nitrogens with zero attached hydrogens (tertiary/aromatic N) is 1. The highest BCUT2D eigenvalue weighted by Crippen LogP contribution is 2.44. The first-order valence-electron chi connectivity index (χ1n) is 7.82. The van der Waals surface area contributed by atoms with Crippen molar-refractivity contribution >= 4 is 29.0 Å². The first-order chi connectivity index (χ1) is 10.6. The third-order valence-corrected chi connectivity index (χ3v) is 4.87. The molecule has 22 heavy (non-hydrogen) atoms. The molecule has 0 bridgehead atoms. The van der Waals surface area contributed by atoms with Gasteiger partial charge in [0.15, 0.2) is 0 Å². The van der Waals surface area contributed by atoms with Crippen molar-refractivity contribution in [2.45, 2.75) is 25.7 Å². The maximum Gasteiger partial charge on any atom is 0.319 e. The van der Waals surface area contributed by atoms with Crippen LogP contribution in [0.1, 0.15) is 25.7 Å². The first-order valence-corrected chi connectivity index (χ1v) is 8.20. The minimum Gasteiger partial charge on any atom is -0.396 e. The van der Waals surface area contributed by atoms with Gasteiger partial charge in [0.1, 0.15) is 0 Å². The van der Waals surface area contributed by atoms with E-state index in [-0.39, 0.29) is 18.1 Å². The van der Waals surface area contributed by atoms with Crippen LogP contribution in [-0.2, 0) is 0 Å². The largest absolute Gasteiger partial charge is 0.396 e. The van der Waals surface area contributed by atoms with Crippen LogP contribution in [0.25, 0.3) is 0 Å². The molecular formula is C16H22ClN3O2. The molecule has 1 saturated heterocycles. The number of carbonyl (C=O) groups excluding carboxylic acids is 1. The number of halogens is 1. The normalized spacial score (nSPS) is 19.1. The first kappa shape index (κ1) is 15.4. The minimum atomic E-state index is -0.260. The highest BCUT2D eigenvalue weighted by atomic mass is 35.5. The fourth-order valence-corrected chi connectivity index (χ4v) is 3.11. The van der Waals surface area contributed by atoms with Gasteiger partial charge in [0.2, 0.25) is 0 Å². The van der Waals surface area contributed by atoms with Crippen LogP contribution in [0.3, 0.4) is 0 Å². The summed E-state index contributed by atoms with van der Waals surface area (Å²) in [5.74, 6) is 0. The number of hydrogen-bond donors (Lipinski definition) is 3. The molecule has 2 aliphatic rings. The molecule has 120 valence electrons. The van der Waals surface area contributed by atoms with E-state index in [1.54, 1.807) is 6.07 Å². The molecule has 1 heterocycles. The number of nitrogens with one attached hydrogen (secondary N) is 2. The molecule has 0 aromatic heterocycles. The molecule has 1 saturated carbocycles. The van der Waals surface area contributed by atoms with Crippen LogP contribution in [0.15, 0.2) is 18.2 Å². The monoisotopic (exact) mass is 323 g/mol. The van der Waals surface area contributed by atoms with Gasteiger partial charge in [-0.25, -0.2) is 4.79 Å². The van der Waals surface area contributed by atoms with E-state index in [2.05, 4.69) is 15.5 Å². The Morgan fingerprint density at radius 3 is 2.64 bits per heavy atom. The highest BCUT2D eigenvalue weighted by Gasteiger charge is 2.42. The van der Waals surface area contributed by atoms with Gasteiger partial charge in [-0.05, 0) is 43.9 Å². The molecule has 3 N–H and O–H groups in total. The summed E-state index contributed by atoms with van der Waals surface area (Å²) in [6.07, 6.45) is 4.34. The fourth-order valence-electron chi connectivity index (χ4n) is 2.81. The van der Waals surface area contributed by atoms with Crippen molar-refractivity contribution in [3.05, 3.63) is 23.2 Å². The van der Waals surface area contributed by atoms with E-state index in [1.807, 2.05) is 12.1 Å². The molecule has 1 aromatic carbocycles. The number of rotatable bonds is 5. The van der Waals surface area contributed by atoms with Crippen LogP contribution in [0.5, 0.6) is 0 Å². The topological polar surface area (TPSA) is 64.6 Å². The highest BCUT2D eigenvalue weighted by molar-refractivity contribution is 6.33. The van der Waals surface area contributed by atoms with E-state index in [0.717, 1.165) is 31.6 Å². The fraction of sp³-hybridized carbons (Fsp3) is 0.562. The lowest BCUT2D eigenvalue weighted by Crippen LogP contribution is -2.35. The van der Waals surface area contributed by atoms with Gasteiger partial charge in [0, 0.05) is 30.7 Å². The minimum absolute atomic E-state index is 0.0887. The van der Waals surface area contributed by atoms with Gasteiger partial charge in [0.05, 0.1) is 17.3 Å². The van der Waals surface area contributed by atoms with Gasteiger partial charge in [-0.15, -0.1) is 0 Å². The number of aliphatic hydroxyl groups is 1. The maximum atomic E-state index is 11.9. The SMILES string of the molecule is O=C(NCC1(CO)CC1)Nc1ccc(N2CCCC2)c(Cl)c1. The molecular weight excluding hydrogens is 302 g/mol. The quantitative estimate of drug-likeness (QED) is 0.780. The predicted octanol–water partition coefficient (Wildman–Crippen LogP) is 2.83. The molecule has 2 fully saturated rings. The van der Waals surface area contributed by atoms with Crippen molar-refractivity contribution in [2.75, 3.05) is 36.5 Å². The summed E-state index contributed by atoms with van der Waals surface area (Å²) in [6.45, 7) is 2.71. The van der Waals surface area contributed by atoms with E-state index in [1.165, 1.54) is 12.8 Å². The second-order valence-electron chi connectivity index (χ2n) is 6.33. The number of hydrogen-bond acceptors (Lipinski definition) is 3. The van der Waals surface area contributed by atoms with Crippen molar-refractivity contribution in [3.8, 4) is 0 Å². The van der Waals surface area contributed by atoms with Crippen LogP contribution in [0.4, 0.5) is 16.2 Å². The number of aliphatic hydroxyl groups excluding tert-OH is 1. The number of anilines is 2. The molecule has 1 aliphatic heterocycles. The number of urea groups is 1. The van der Waals surface area contributed by atoms with E-state index in [4.69, 9.17) is 11.6 Å². The zero-order chi connectivity index (χ0) is 15.6. The summed E-state index contributed by atoms with van der Waals surface area (Å²) in [7, 11) is 0. The number of benzene rings is 1. The van der Waals surface area contributed by atoms with Crippen molar-refractivity contribution in [3.63, 3.8) is 0 Å². The third-order valence-electron chi connectivity index (χ3n) is 4.57. The Bertz CT molecular complexity index is 554. The second kappa shape index (κ2) is 6.34. The van der Waals surface area contributed by atoms with Crippen molar-refractivity contribution in [1.82, 2.24) is 5.32 Å². The third kappa shape index (κ3) is 3.47. The van der Waals surface area contributed by atoms with E-state index >= 15 is 0 Å². The summed E-state index contributed by atoms with van der Waals surface area (Å²) in [5, 5.41) is 15.5. The molecule has 0 atom stereocenters. The standard InChI is InChI=1S/C16H22ClN3O2/c17-13-9-12(3-4-14(13)20-7-1-2-8-20)19-15(22)18-10-16(11-21)5-6-16/h3-4,9,21H,1-2,5-8,10-11H2,(H2,18,19,22). The van der Waals surface area contributed by atoms with Crippen molar-refractivity contribution < 1.29 is 9.90 Å². The van der Waals surface area contributed by atoms with Crippen LogP contribution in [0.2, 0.25) is 5.02 Å². The lowest BCUT2D eigenvalue weighted by Gasteiger charge is -2.20. The Labute approximate surface area is 135 Å². The van der Waals surface area contributed by atoms with E-state index in [0.29, 0.717) is 17.3 Å². The van der Waals surface area contributed by atoms with Gasteiger partial charge in [-0.1, -0.05) is 11.6 Å². The molecule has 1 aromatic rings. The molecule has 0 spiro atoms. The van der Waals surface area contributed by atoms with Crippen LogP contribution >= 0.6 is 11.6 Å². The average molecular weight is 324 g/mol. The zero-order valence-electron chi connectivity index (χ0n) is 12.6. The van der Waals surface area contributed by atoms with Gasteiger partial charge < -0.3 is 20.6 Å². The second-order valence-corrected chi connectivity index (χ2v) is 6.73. The summed E-state index contributed by atoms with van der Waals surface area (Å²) >= 11 is 6.33. The Morgan fingerprint density at radius 1 is 1.32 bits per heavy atom. The molecule has 0 radical (unpaired) electrons. The Balaban J connectivity index is 1.55. The van der Waals surface area contributed by atoms with Crippen LogP contribution in [-0.4, -0.2) is 37.4 Å².